The Hall–Kier alpha value is -1.90. The van der Waals surface area contributed by atoms with Crippen molar-refractivity contribution >= 4 is 13.8 Å². The van der Waals surface area contributed by atoms with Gasteiger partial charge in [-0.15, -0.1) is 5.54 Å². The summed E-state index contributed by atoms with van der Waals surface area (Å²) in [6, 6.07) is 8.27. The Morgan fingerprint density at radius 3 is 1.95 bits per heavy atom. The Labute approximate surface area is 131 Å². The number of anilines is 1. The quantitative estimate of drug-likeness (QED) is 0.551. The number of hydrogen-bond donors (Lipinski definition) is 0. The first-order valence-electron chi connectivity index (χ1n) is 7.19. The Morgan fingerprint density at radius 2 is 1.52 bits per heavy atom. The first kappa shape index (κ1) is 17.1. The van der Waals surface area contributed by atoms with Gasteiger partial charge < -0.3 is 4.90 Å². The molecule has 0 aliphatic rings. The van der Waals surface area contributed by atoms with Crippen LogP contribution in [-0.4, -0.2) is 22.2 Å². The number of nitrogens with zero attached hydrogens (tertiary/aromatic N) is 1. The molecule has 0 aliphatic heterocycles. The van der Waals surface area contributed by atoms with Crippen molar-refractivity contribution in [3.05, 3.63) is 41.0 Å². The molecular weight excluding hydrogens is 270 g/mol. The van der Waals surface area contributed by atoms with Crippen molar-refractivity contribution < 1.29 is 0 Å². The van der Waals surface area contributed by atoms with Gasteiger partial charge in [-0.2, -0.15) is 0 Å². The van der Waals surface area contributed by atoms with Crippen LogP contribution in [0.5, 0.6) is 0 Å². The third kappa shape index (κ3) is 6.39. The van der Waals surface area contributed by atoms with Crippen molar-refractivity contribution in [3.63, 3.8) is 0 Å². The third-order valence-electron chi connectivity index (χ3n) is 2.78. The fourth-order valence-corrected chi connectivity index (χ4v) is 2.01. The lowest BCUT2D eigenvalue weighted by atomic mass is 10.1. The summed E-state index contributed by atoms with van der Waals surface area (Å²) in [7, 11) is 2.71. The van der Waals surface area contributed by atoms with Crippen molar-refractivity contribution in [2.24, 2.45) is 0 Å². The van der Waals surface area contributed by atoms with Gasteiger partial charge in [-0.05, 0) is 38.1 Å². The zero-order chi connectivity index (χ0) is 16.0. The third-order valence-corrected chi connectivity index (χ3v) is 3.65. The molecule has 0 N–H and O–H groups in total. The summed E-state index contributed by atoms with van der Waals surface area (Å²) in [5.74, 6) is 9.70. The zero-order valence-electron chi connectivity index (χ0n) is 14.3. The molecule has 0 amide bonds. The highest BCUT2D eigenvalue weighted by molar-refractivity contribution is 6.83. The van der Waals surface area contributed by atoms with E-state index in [2.05, 4.69) is 86.0 Å². The molecule has 0 unspecified atom stereocenters. The minimum absolute atomic E-state index is 0.953. The second-order valence-electron chi connectivity index (χ2n) is 6.57. The molecule has 1 aromatic rings. The van der Waals surface area contributed by atoms with E-state index in [0.717, 1.165) is 11.1 Å². The van der Waals surface area contributed by atoms with Gasteiger partial charge in [0.25, 0.3) is 0 Å². The predicted molar refractivity (Wildman–Crippen MR) is 97.1 cm³/mol. The van der Waals surface area contributed by atoms with Crippen molar-refractivity contribution in [1.82, 2.24) is 0 Å². The van der Waals surface area contributed by atoms with Crippen molar-refractivity contribution in [3.8, 4) is 23.3 Å². The van der Waals surface area contributed by atoms with Crippen molar-refractivity contribution in [2.45, 2.75) is 33.5 Å². The minimum Gasteiger partial charge on any atom is -0.378 e. The van der Waals surface area contributed by atoms with Gasteiger partial charge in [0.05, 0.1) is 5.57 Å². The van der Waals surface area contributed by atoms with E-state index >= 15 is 0 Å². The molecule has 0 heterocycles. The maximum atomic E-state index is 3.39. The van der Waals surface area contributed by atoms with Crippen molar-refractivity contribution in [1.29, 1.82) is 0 Å². The summed E-state index contributed by atoms with van der Waals surface area (Å²) in [6.07, 6.45) is 0. The Balaban J connectivity index is 3.02. The molecule has 0 atom stereocenters. The van der Waals surface area contributed by atoms with Gasteiger partial charge in [0.1, 0.15) is 8.07 Å². The fourth-order valence-electron chi connectivity index (χ4n) is 1.51. The van der Waals surface area contributed by atoms with E-state index < -0.39 is 8.07 Å². The Bertz CT molecular complexity index is 631. The molecule has 2 heteroatoms. The van der Waals surface area contributed by atoms with E-state index in [1.165, 1.54) is 11.3 Å². The monoisotopic (exact) mass is 295 g/mol. The molecular formula is C19H25NSi. The SMILES string of the molecule is CC(C)=C(C#Cc1ccc(N(C)C)cc1)C#C[Si](C)(C)C. The van der Waals surface area contributed by atoms with Crippen LogP contribution in [-0.2, 0) is 0 Å². The van der Waals surface area contributed by atoms with E-state index in [4.69, 9.17) is 0 Å². The highest BCUT2D eigenvalue weighted by Gasteiger charge is 2.07. The molecule has 0 saturated heterocycles. The van der Waals surface area contributed by atoms with Crippen LogP contribution in [0.1, 0.15) is 19.4 Å². The number of allylic oxidation sites excluding steroid dienone is 2. The largest absolute Gasteiger partial charge is 0.378 e. The van der Waals surface area contributed by atoms with Gasteiger partial charge in [0.15, 0.2) is 0 Å². The van der Waals surface area contributed by atoms with E-state index in [1.807, 2.05) is 14.1 Å². The topological polar surface area (TPSA) is 3.24 Å². The standard InChI is InChI=1S/C19H25NSi/c1-16(2)18(14-15-21(5,6)7)11-8-17-9-12-19(13-10-17)20(3)4/h9-10,12-13H,1-7H3. The molecule has 0 aromatic heterocycles. The van der Waals surface area contributed by atoms with Crippen molar-refractivity contribution in [2.75, 3.05) is 19.0 Å². The minimum atomic E-state index is -1.36. The molecule has 0 bridgehead atoms. The van der Waals surface area contributed by atoms with E-state index in [0.29, 0.717) is 0 Å². The first-order chi connectivity index (χ1) is 9.69. The van der Waals surface area contributed by atoms with Crippen LogP contribution >= 0.6 is 0 Å². The average molecular weight is 296 g/mol. The molecule has 1 rings (SSSR count). The summed E-state index contributed by atoms with van der Waals surface area (Å²) < 4.78 is 0. The van der Waals surface area contributed by atoms with Gasteiger partial charge in [-0.3, -0.25) is 0 Å². The lowest BCUT2D eigenvalue weighted by Gasteiger charge is -2.11. The molecule has 110 valence electrons. The molecule has 1 aromatic carbocycles. The lowest BCUT2D eigenvalue weighted by Crippen LogP contribution is -2.16. The van der Waals surface area contributed by atoms with Crippen LogP contribution in [0.2, 0.25) is 19.6 Å². The molecule has 0 radical (unpaired) electrons. The summed E-state index contributed by atoms with van der Waals surface area (Å²) in [6.45, 7) is 10.9. The number of rotatable bonds is 1. The Kier molecular flexibility index (Phi) is 5.88. The van der Waals surface area contributed by atoms with Gasteiger partial charge >= 0.3 is 0 Å². The second kappa shape index (κ2) is 7.20. The Morgan fingerprint density at radius 1 is 0.952 bits per heavy atom. The van der Waals surface area contributed by atoms with Crippen LogP contribution in [0.3, 0.4) is 0 Å². The van der Waals surface area contributed by atoms with Crippen LogP contribution in [0.4, 0.5) is 5.69 Å². The average Bonchev–Trinajstić information content (AvgIpc) is 2.37. The van der Waals surface area contributed by atoms with Crippen LogP contribution in [0.25, 0.3) is 0 Å². The second-order valence-corrected chi connectivity index (χ2v) is 11.3. The van der Waals surface area contributed by atoms with Crippen LogP contribution < -0.4 is 4.90 Å². The zero-order valence-corrected chi connectivity index (χ0v) is 15.3. The molecule has 0 aliphatic carbocycles. The van der Waals surface area contributed by atoms with E-state index in [1.54, 1.807) is 0 Å². The predicted octanol–water partition coefficient (Wildman–Crippen LogP) is 4.32. The van der Waals surface area contributed by atoms with Crippen LogP contribution in [0.15, 0.2) is 35.4 Å². The summed E-state index contributed by atoms with van der Waals surface area (Å²) in [5, 5.41) is 0. The summed E-state index contributed by atoms with van der Waals surface area (Å²) in [5.41, 5.74) is 7.72. The van der Waals surface area contributed by atoms with Crippen LogP contribution in [0, 0.1) is 23.3 Å². The molecule has 0 spiro atoms. The highest BCUT2D eigenvalue weighted by atomic mass is 28.3. The molecule has 0 fully saturated rings. The highest BCUT2D eigenvalue weighted by Crippen LogP contribution is 2.11. The lowest BCUT2D eigenvalue weighted by molar-refractivity contribution is 1.13. The molecule has 0 saturated carbocycles. The summed E-state index contributed by atoms with van der Waals surface area (Å²) in [4.78, 5) is 2.08. The number of benzene rings is 1. The van der Waals surface area contributed by atoms with Gasteiger partial charge in [0, 0.05) is 25.3 Å². The smallest absolute Gasteiger partial charge is 0.129 e. The normalized spacial score (nSPS) is 9.86. The van der Waals surface area contributed by atoms with Gasteiger partial charge in [0.2, 0.25) is 0 Å². The maximum absolute atomic E-state index is 3.39. The fraction of sp³-hybridized carbons (Fsp3) is 0.368. The van der Waals surface area contributed by atoms with E-state index in [9.17, 15) is 0 Å². The van der Waals surface area contributed by atoms with E-state index in [-0.39, 0.29) is 0 Å². The first-order valence-corrected chi connectivity index (χ1v) is 10.7. The molecule has 21 heavy (non-hydrogen) atoms. The van der Waals surface area contributed by atoms with Gasteiger partial charge in [-0.1, -0.05) is 43.0 Å². The van der Waals surface area contributed by atoms with Gasteiger partial charge in [-0.25, -0.2) is 0 Å². The molecule has 1 nitrogen and oxygen atoms in total. The maximum Gasteiger partial charge on any atom is 0.129 e. The number of hydrogen-bond acceptors (Lipinski definition) is 1. The summed E-state index contributed by atoms with van der Waals surface area (Å²) >= 11 is 0.